The molecule has 3 heterocycles. The highest BCUT2D eigenvalue weighted by atomic mass is 32.1. The summed E-state index contributed by atoms with van der Waals surface area (Å²) in [6, 6.07) is 17.5. The number of aromatic amines is 1. The maximum atomic E-state index is 12.9. The number of fused-ring (bicyclic) bond motifs is 2. The number of aromatic nitrogens is 4. The van der Waals surface area contributed by atoms with Crippen LogP contribution in [0.25, 0.3) is 32.6 Å². The van der Waals surface area contributed by atoms with Crippen molar-refractivity contribution in [3.05, 3.63) is 65.2 Å². The van der Waals surface area contributed by atoms with Crippen LogP contribution >= 0.6 is 11.3 Å². The van der Waals surface area contributed by atoms with E-state index in [1.54, 1.807) is 0 Å². The first kappa shape index (κ1) is 16.7. The second kappa shape index (κ2) is 6.31. The second-order valence-electron chi connectivity index (χ2n) is 6.64. The summed E-state index contributed by atoms with van der Waals surface area (Å²) in [7, 11) is 1.89. The molecule has 0 fully saturated rings. The minimum atomic E-state index is -0.135. The average molecular weight is 387 g/mol. The largest absolute Gasteiger partial charge is 0.338 e. The molecule has 0 aliphatic rings. The van der Waals surface area contributed by atoms with E-state index in [1.807, 2.05) is 73.3 Å². The van der Waals surface area contributed by atoms with Crippen LogP contribution in [0.3, 0.4) is 0 Å². The summed E-state index contributed by atoms with van der Waals surface area (Å²) in [6.07, 6.45) is 0. The molecule has 6 nitrogen and oxygen atoms in total. The highest BCUT2D eigenvalue weighted by Gasteiger charge is 2.17. The summed E-state index contributed by atoms with van der Waals surface area (Å²) in [5.41, 5.74) is 4.36. The molecular formula is C21H17N5OS. The van der Waals surface area contributed by atoms with Crippen LogP contribution in [0.1, 0.15) is 15.4 Å². The lowest BCUT2D eigenvalue weighted by Gasteiger charge is -2.08. The maximum absolute atomic E-state index is 12.9. The fourth-order valence-electron chi connectivity index (χ4n) is 3.38. The molecule has 0 spiro atoms. The molecule has 5 aromatic rings. The quantitative estimate of drug-likeness (QED) is 0.469. The SMILES string of the molecule is Cc1nn(C)c2sc(C(=O)Nc3ccccc3-c3nc4ccccc4[nH]3)cc12. The number of hydrogen-bond donors (Lipinski definition) is 2. The minimum Gasteiger partial charge on any atom is -0.338 e. The number of nitrogens with one attached hydrogen (secondary N) is 2. The molecule has 5 rings (SSSR count). The summed E-state index contributed by atoms with van der Waals surface area (Å²) >= 11 is 1.44. The predicted octanol–water partition coefficient (Wildman–Crippen LogP) is 4.74. The first-order valence-electron chi connectivity index (χ1n) is 8.89. The third-order valence-electron chi connectivity index (χ3n) is 4.74. The minimum absolute atomic E-state index is 0.135. The number of nitrogens with zero attached hydrogens (tertiary/aromatic N) is 3. The van der Waals surface area contributed by atoms with E-state index in [0.717, 1.165) is 44.0 Å². The van der Waals surface area contributed by atoms with Crippen LogP contribution in [0.4, 0.5) is 5.69 Å². The zero-order valence-corrected chi connectivity index (χ0v) is 16.2. The molecule has 0 aliphatic carbocycles. The molecule has 2 aromatic carbocycles. The number of thiophene rings is 1. The fourth-order valence-corrected chi connectivity index (χ4v) is 4.40. The van der Waals surface area contributed by atoms with Crippen LogP contribution in [-0.2, 0) is 7.05 Å². The molecule has 7 heteroatoms. The fraction of sp³-hybridized carbons (Fsp3) is 0.0952. The highest BCUT2D eigenvalue weighted by molar-refractivity contribution is 7.20. The van der Waals surface area contributed by atoms with Gasteiger partial charge in [0, 0.05) is 18.0 Å². The molecule has 0 atom stereocenters. The number of carbonyl (C=O) groups is 1. The van der Waals surface area contributed by atoms with E-state index in [0.29, 0.717) is 4.88 Å². The third-order valence-corrected chi connectivity index (χ3v) is 5.94. The Labute approximate surface area is 164 Å². The van der Waals surface area contributed by atoms with Gasteiger partial charge in [-0.1, -0.05) is 24.3 Å². The summed E-state index contributed by atoms with van der Waals surface area (Å²) < 4.78 is 1.81. The van der Waals surface area contributed by atoms with Crippen LogP contribution in [-0.4, -0.2) is 25.7 Å². The number of imidazole rings is 1. The van der Waals surface area contributed by atoms with Crippen molar-refractivity contribution in [2.75, 3.05) is 5.32 Å². The van der Waals surface area contributed by atoms with E-state index in [4.69, 9.17) is 0 Å². The van der Waals surface area contributed by atoms with Crippen molar-refractivity contribution in [3.8, 4) is 11.4 Å². The summed E-state index contributed by atoms with van der Waals surface area (Å²) in [6.45, 7) is 1.95. The maximum Gasteiger partial charge on any atom is 0.265 e. The Bertz CT molecular complexity index is 1280. The van der Waals surface area contributed by atoms with Gasteiger partial charge in [0.2, 0.25) is 0 Å². The van der Waals surface area contributed by atoms with Gasteiger partial charge in [-0.05, 0) is 37.3 Å². The zero-order chi connectivity index (χ0) is 19.3. The Morgan fingerprint density at radius 3 is 2.75 bits per heavy atom. The standard InChI is InChI=1S/C21H17N5OS/c1-12-14-11-18(28-21(14)26(2)25-12)20(27)24-15-8-4-3-7-13(15)19-22-16-9-5-6-10-17(16)23-19/h3-11H,1-2H3,(H,22,23)(H,24,27). The van der Waals surface area contributed by atoms with Gasteiger partial charge >= 0.3 is 0 Å². The van der Waals surface area contributed by atoms with Crippen molar-refractivity contribution in [1.29, 1.82) is 0 Å². The summed E-state index contributed by atoms with van der Waals surface area (Å²) in [5, 5.41) is 8.45. The monoisotopic (exact) mass is 387 g/mol. The molecule has 0 aliphatic heterocycles. The number of anilines is 1. The van der Waals surface area contributed by atoms with E-state index in [9.17, 15) is 4.79 Å². The molecule has 0 saturated heterocycles. The first-order chi connectivity index (χ1) is 13.6. The topological polar surface area (TPSA) is 75.6 Å². The van der Waals surface area contributed by atoms with Crippen molar-refractivity contribution in [2.24, 2.45) is 7.05 Å². The summed E-state index contributed by atoms with van der Waals surface area (Å²) in [5.74, 6) is 0.595. The van der Waals surface area contributed by atoms with Crippen molar-refractivity contribution < 1.29 is 4.79 Å². The lowest BCUT2D eigenvalue weighted by molar-refractivity contribution is 0.103. The van der Waals surface area contributed by atoms with Crippen LogP contribution in [0.15, 0.2) is 54.6 Å². The van der Waals surface area contributed by atoms with Crippen molar-refractivity contribution in [2.45, 2.75) is 6.92 Å². The molecule has 0 saturated carbocycles. The van der Waals surface area contributed by atoms with E-state index < -0.39 is 0 Å². The van der Waals surface area contributed by atoms with Gasteiger partial charge in [0.05, 0.1) is 27.3 Å². The van der Waals surface area contributed by atoms with Crippen molar-refractivity contribution in [3.63, 3.8) is 0 Å². The van der Waals surface area contributed by atoms with Crippen molar-refractivity contribution >= 4 is 44.2 Å². The second-order valence-corrected chi connectivity index (χ2v) is 7.67. The van der Waals surface area contributed by atoms with Gasteiger partial charge in [-0.25, -0.2) is 4.98 Å². The van der Waals surface area contributed by atoms with E-state index in [2.05, 4.69) is 20.4 Å². The number of para-hydroxylation sites is 3. The van der Waals surface area contributed by atoms with Gasteiger partial charge in [0.1, 0.15) is 10.7 Å². The number of rotatable bonds is 3. The number of H-pyrrole nitrogens is 1. The molecule has 0 bridgehead atoms. The number of benzene rings is 2. The normalized spacial score (nSPS) is 11.4. The van der Waals surface area contributed by atoms with Crippen LogP contribution in [0.5, 0.6) is 0 Å². The Morgan fingerprint density at radius 2 is 1.93 bits per heavy atom. The predicted molar refractivity (Wildman–Crippen MR) is 113 cm³/mol. The van der Waals surface area contributed by atoms with Gasteiger partial charge in [-0.2, -0.15) is 5.10 Å². The van der Waals surface area contributed by atoms with Crippen LogP contribution in [0.2, 0.25) is 0 Å². The zero-order valence-electron chi connectivity index (χ0n) is 15.4. The Morgan fingerprint density at radius 1 is 1.14 bits per heavy atom. The lowest BCUT2D eigenvalue weighted by atomic mass is 10.1. The van der Waals surface area contributed by atoms with Gasteiger partial charge in [-0.3, -0.25) is 9.48 Å². The third kappa shape index (κ3) is 2.68. The van der Waals surface area contributed by atoms with Crippen LogP contribution in [0, 0.1) is 6.92 Å². The number of carbonyl (C=O) groups excluding carboxylic acids is 1. The van der Waals surface area contributed by atoms with E-state index in [1.165, 1.54) is 11.3 Å². The van der Waals surface area contributed by atoms with Gasteiger partial charge < -0.3 is 10.3 Å². The van der Waals surface area contributed by atoms with E-state index in [-0.39, 0.29) is 5.91 Å². The Kier molecular flexibility index (Phi) is 3.77. The molecule has 0 radical (unpaired) electrons. The molecular weight excluding hydrogens is 370 g/mol. The smallest absolute Gasteiger partial charge is 0.265 e. The highest BCUT2D eigenvalue weighted by Crippen LogP contribution is 2.31. The molecule has 1 amide bonds. The molecule has 28 heavy (non-hydrogen) atoms. The number of amides is 1. The van der Waals surface area contributed by atoms with Crippen molar-refractivity contribution in [1.82, 2.24) is 19.7 Å². The lowest BCUT2D eigenvalue weighted by Crippen LogP contribution is -2.11. The van der Waals surface area contributed by atoms with Gasteiger partial charge in [0.15, 0.2) is 0 Å². The number of aryl methyl sites for hydroxylation is 2. The molecule has 3 aromatic heterocycles. The molecule has 2 N–H and O–H groups in total. The van der Waals surface area contributed by atoms with Gasteiger partial charge in [0.25, 0.3) is 5.91 Å². The Balaban J connectivity index is 1.51. The molecule has 0 unspecified atom stereocenters. The molecule has 138 valence electrons. The number of hydrogen-bond acceptors (Lipinski definition) is 4. The van der Waals surface area contributed by atoms with E-state index >= 15 is 0 Å². The van der Waals surface area contributed by atoms with Crippen LogP contribution < -0.4 is 5.32 Å². The first-order valence-corrected chi connectivity index (χ1v) is 9.70. The average Bonchev–Trinajstić information content (AvgIpc) is 3.38. The Hall–Kier alpha value is -3.45. The van der Waals surface area contributed by atoms with Gasteiger partial charge in [-0.15, -0.1) is 11.3 Å². The summed E-state index contributed by atoms with van der Waals surface area (Å²) in [4.78, 5) is 22.5.